The molecule has 1 spiro atoms. The van der Waals surface area contributed by atoms with E-state index in [-0.39, 0.29) is 35.2 Å². The van der Waals surface area contributed by atoms with E-state index in [1.165, 1.54) is 17.9 Å². The zero-order valence-electron chi connectivity index (χ0n) is 34.4. The van der Waals surface area contributed by atoms with Crippen molar-refractivity contribution < 1.29 is 23.5 Å². The summed E-state index contributed by atoms with van der Waals surface area (Å²) in [5.74, 6) is 0.110. The maximum absolute atomic E-state index is 13.5. The van der Waals surface area contributed by atoms with Crippen LogP contribution in [-0.4, -0.2) is 92.0 Å². The second kappa shape index (κ2) is 16.3. The van der Waals surface area contributed by atoms with Gasteiger partial charge in [0.2, 0.25) is 11.8 Å². The van der Waals surface area contributed by atoms with Gasteiger partial charge in [0.1, 0.15) is 17.7 Å². The first-order chi connectivity index (χ1) is 30.0. The topological polar surface area (TPSA) is 194 Å². The summed E-state index contributed by atoms with van der Waals surface area (Å²) in [6, 6.07) is 16.3. The lowest BCUT2D eigenvalue weighted by Crippen LogP contribution is -2.59. The predicted octanol–water partition coefficient (Wildman–Crippen LogP) is 4.66. The molecule has 3 aliphatic heterocycles. The summed E-state index contributed by atoms with van der Waals surface area (Å²) in [7, 11) is 4.78. The van der Waals surface area contributed by atoms with Crippen LogP contribution in [0.3, 0.4) is 0 Å². The molecule has 3 saturated heterocycles. The Morgan fingerprint density at radius 3 is 2.39 bits per heavy atom. The van der Waals surface area contributed by atoms with Gasteiger partial charge in [-0.15, -0.1) is 0 Å². The molecular formula is C44H45FN12O5. The fourth-order valence-electron chi connectivity index (χ4n) is 8.90. The zero-order chi connectivity index (χ0) is 43.1. The van der Waals surface area contributed by atoms with E-state index in [1.54, 1.807) is 42.9 Å². The summed E-state index contributed by atoms with van der Waals surface area (Å²) in [6.07, 6.45) is 8.14. The van der Waals surface area contributed by atoms with Crippen LogP contribution >= 0.6 is 0 Å². The van der Waals surface area contributed by atoms with Crippen molar-refractivity contribution in [1.29, 1.82) is 0 Å². The number of methoxy groups -OCH3 is 1. The minimum atomic E-state index is -0.707. The van der Waals surface area contributed by atoms with Gasteiger partial charge in [0.25, 0.3) is 5.91 Å². The summed E-state index contributed by atoms with van der Waals surface area (Å²) in [5, 5.41) is 11.6. The number of aryl methyl sites for hydroxylation is 1. The Hall–Kier alpha value is -7.21. The average molecular weight is 841 g/mol. The molecular weight excluding hydrogens is 796 g/mol. The number of amides is 3. The number of imide groups is 1. The number of benzene rings is 2. The number of nitrogens with one attached hydrogen (secondary N) is 4. The number of ether oxygens (including phenoxy) is 1. The van der Waals surface area contributed by atoms with Gasteiger partial charge in [-0.1, -0.05) is 12.1 Å². The SMILES string of the molecule is CNC(=O)c1cnc(Nc2ccc(CN3CC4(CCN(c5ccc6c(c5)n(C)c(=O)n6C5CCC(=O)NC5=O)CC4)C3)cn2)cc1Nc1cccc(-c2ncc(F)cn2)c1OC. The van der Waals surface area contributed by atoms with Crippen molar-refractivity contribution in [2.24, 2.45) is 12.5 Å². The van der Waals surface area contributed by atoms with Crippen LogP contribution in [0.25, 0.3) is 22.4 Å². The summed E-state index contributed by atoms with van der Waals surface area (Å²) >= 11 is 0. The first-order valence-corrected chi connectivity index (χ1v) is 20.4. The largest absolute Gasteiger partial charge is 0.494 e. The number of aromatic nitrogens is 6. The highest BCUT2D eigenvalue weighted by Gasteiger charge is 2.44. The van der Waals surface area contributed by atoms with Crippen molar-refractivity contribution in [3.8, 4) is 17.1 Å². The molecule has 2 aromatic carbocycles. The molecule has 9 rings (SSSR count). The van der Waals surface area contributed by atoms with Crippen molar-refractivity contribution in [3.05, 3.63) is 107 Å². The molecule has 1 atom stereocenters. The number of rotatable bonds is 11. The number of halogens is 1. The highest BCUT2D eigenvalue weighted by molar-refractivity contribution is 6.01. The van der Waals surface area contributed by atoms with E-state index in [0.29, 0.717) is 51.8 Å². The lowest BCUT2D eigenvalue weighted by molar-refractivity contribution is -0.135. The van der Waals surface area contributed by atoms with Crippen molar-refractivity contribution in [2.45, 2.75) is 38.3 Å². The smallest absolute Gasteiger partial charge is 0.329 e. The number of fused-ring (bicyclic) bond motifs is 1. The van der Waals surface area contributed by atoms with Gasteiger partial charge >= 0.3 is 5.69 Å². The van der Waals surface area contributed by atoms with Crippen LogP contribution in [0.15, 0.2) is 84.2 Å². The van der Waals surface area contributed by atoms with Crippen LogP contribution in [0, 0.1) is 11.2 Å². The fraction of sp³-hybridized carbons (Fsp3) is 0.318. The van der Waals surface area contributed by atoms with Crippen LogP contribution < -0.4 is 36.6 Å². The molecule has 3 amide bonds. The monoisotopic (exact) mass is 840 g/mol. The maximum Gasteiger partial charge on any atom is 0.329 e. The molecule has 4 aromatic heterocycles. The summed E-state index contributed by atoms with van der Waals surface area (Å²) < 4.78 is 22.4. The highest BCUT2D eigenvalue weighted by atomic mass is 19.1. The molecule has 62 heavy (non-hydrogen) atoms. The van der Waals surface area contributed by atoms with Gasteiger partial charge in [-0.2, -0.15) is 0 Å². The first kappa shape index (κ1) is 40.2. The molecule has 3 fully saturated rings. The molecule has 17 nitrogen and oxygen atoms in total. The lowest BCUT2D eigenvalue weighted by atomic mass is 9.72. The van der Waals surface area contributed by atoms with Gasteiger partial charge in [0, 0.05) is 77.4 Å². The predicted molar refractivity (Wildman–Crippen MR) is 230 cm³/mol. The quantitative estimate of drug-likeness (QED) is 0.132. The van der Waals surface area contributed by atoms with Crippen molar-refractivity contribution in [3.63, 3.8) is 0 Å². The van der Waals surface area contributed by atoms with Crippen molar-refractivity contribution >= 4 is 57.5 Å². The Labute approximate surface area is 355 Å². The zero-order valence-corrected chi connectivity index (χ0v) is 34.4. The highest BCUT2D eigenvalue weighted by Crippen LogP contribution is 2.43. The second-order valence-electron chi connectivity index (χ2n) is 16.1. The number of hydrogen-bond acceptors (Lipinski definition) is 13. The third kappa shape index (κ3) is 7.68. The molecule has 18 heteroatoms. The number of para-hydroxylation sites is 1. The molecule has 0 saturated carbocycles. The number of pyridine rings is 2. The molecule has 6 aromatic rings. The van der Waals surface area contributed by atoms with E-state index in [4.69, 9.17) is 4.74 Å². The Bertz CT molecular complexity index is 2760. The van der Waals surface area contributed by atoms with Crippen LogP contribution in [0.2, 0.25) is 0 Å². The summed E-state index contributed by atoms with van der Waals surface area (Å²) in [4.78, 5) is 72.6. The number of hydrogen-bond donors (Lipinski definition) is 4. The van der Waals surface area contributed by atoms with Gasteiger partial charge in [-0.25, -0.2) is 29.1 Å². The maximum atomic E-state index is 13.5. The number of imidazole rings is 1. The molecule has 318 valence electrons. The minimum Gasteiger partial charge on any atom is -0.494 e. The normalized spacial score (nSPS) is 17.4. The molecule has 0 radical (unpaired) electrons. The third-order valence-corrected chi connectivity index (χ3v) is 12.1. The summed E-state index contributed by atoms with van der Waals surface area (Å²) in [6.45, 7) is 4.60. The molecule has 4 N–H and O–H groups in total. The standard InChI is InChI=1S/C44H45FN12O5/c1-46-41(59)30-22-48-37(18-32(30)51-31-6-4-5-29(39(31)62-3)40-49-20-27(45)21-50-40)52-36-11-7-26(19-47-36)23-55-24-44(25-55)13-15-56(16-14-44)28-8-9-33-35(17-28)54(2)43(61)57(33)34-10-12-38(58)53-42(34)60/h4-9,11,17-22,34H,10,12-16,23-25H2,1-3H3,(H,46,59)(H,53,58,60)(H2,47,48,51,52). The van der Waals surface area contributed by atoms with Crippen LogP contribution in [0.4, 0.5) is 33.1 Å². The van der Waals surface area contributed by atoms with E-state index in [9.17, 15) is 23.6 Å². The number of nitrogens with zero attached hydrogens (tertiary/aromatic N) is 8. The lowest BCUT2D eigenvalue weighted by Gasteiger charge is -2.54. The van der Waals surface area contributed by atoms with Gasteiger partial charge in [0.05, 0.1) is 53.0 Å². The average Bonchev–Trinajstić information content (AvgIpc) is 3.51. The fourth-order valence-corrected chi connectivity index (χ4v) is 8.90. The van der Waals surface area contributed by atoms with Crippen molar-refractivity contribution in [1.82, 2.24) is 44.6 Å². The number of carbonyl (C=O) groups excluding carboxylic acids is 3. The van der Waals surface area contributed by atoms with Crippen molar-refractivity contribution in [2.75, 3.05) is 55.9 Å². The van der Waals surface area contributed by atoms with Gasteiger partial charge in [0.15, 0.2) is 17.4 Å². The Balaban J connectivity index is 0.814. The van der Waals surface area contributed by atoms with Gasteiger partial charge in [-0.05, 0) is 66.6 Å². The van der Waals surface area contributed by atoms with E-state index in [0.717, 1.165) is 74.7 Å². The Morgan fingerprint density at radius 1 is 0.903 bits per heavy atom. The minimum absolute atomic E-state index is 0.205. The molecule has 0 aliphatic carbocycles. The molecule has 7 heterocycles. The van der Waals surface area contributed by atoms with Crippen LogP contribution in [0.5, 0.6) is 5.75 Å². The number of carbonyl (C=O) groups is 3. The third-order valence-electron chi connectivity index (χ3n) is 12.1. The van der Waals surface area contributed by atoms with Gasteiger partial charge < -0.3 is 25.6 Å². The Morgan fingerprint density at radius 2 is 1.68 bits per heavy atom. The Kier molecular flexibility index (Phi) is 10.6. The van der Waals surface area contributed by atoms with E-state index >= 15 is 0 Å². The van der Waals surface area contributed by atoms with E-state index < -0.39 is 17.8 Å². The first-order valence-electron chi connectivity index (χ1n) is 20.4. The summed E-state index contributed by atoms with van der Waals surface area (Å²) in [5.41, 5.74) is 5.42. The second-order valence-corrected chi connectivity index (χ2v) is 16.1. The van der Waals surface area contributed by atoms with E-state index in [1.807, 2.05) is 36.5 Å². The number of piperidine rings is 2. The molecule has 0 bridgehead atoms. The number of anilines is 5. The number of likely N-dealkylation sites (tertiary alicyclic amines) is 1. The molecule has 1 unspecified atom stereocenters. The van der Waals surface area contributed by atoms with Gasteiger partial charge in [-0.3, -0.25) is 33.7 Å². The van der Waals surface area contributed by atoms with Crippen LogP contribution in [-0.2, 0) is 23.2 Å². The molecule has 3 aliphatic rings. The van der Waals surface area contributed by atoms with E-state index in [2.05, 4.69) is 51.0 Å². The van der Waals surface area contributed by atoms with Crippen LogP contribution in [0.1, 0.15) is 47.6 Å².